The van der Waals surface area contributed by atoms with E-state index in [1.165, 1.54) is 13.3 Å². The Hall–Kier alpha value is -1.68. The molecule has 0 unspecified atom stereocenters. The molecule has 0 bridgehead atoms. The van der Waals surface area contributed by atoms with Crippen molar-refractivity contribution in [3.05, 3.63) is 23.8 Å². The summed E-state index contributed by atoms with van der Waals surface area (Å²) in [6.45, 7) is 7.33. The zero-order chi connectivity index (χ0) is 21.1. The number of likely N-dealkylation sites (tertiary alicyclic amines) is 1. The van der Waals surface area contributed by atoms with Gasteiger partial charge in [-0.05, 0) is 58.0 Å². The summed E-state index contributed by atoms with van der Waals surface area (Å²) in [6.07, 6.45) is 3.67. The molecule has 1 amide bonds. The number of hydrogen-bond donors (Lipinski definition) is 3. The number of nitrogens with zero attached hydrogens (tertiary/aromatic N) is 1. The van der Waals surface area contributed by atoms with Gasteiger partial charge < -0.3 is 15.2 Å². The van der Waals surface area contributed by atoms with Crippen LogP contribution in [-0.4, -0.2) is 59.9 Å². The average molecular weight is 415 g/mol. The smallest absolute Gasteiger partial charge is 0.261 e. The second-order valence-electron chi connectivity index (χ2n) is 7.86. The molecule has 1 saturated heterocycles. The number of nitrogens with one attached hydrogen (secondary N) is 1. The van der Waals surface area contributed by atoms with Gasteiger partial charge in [0.2, 0.25) is 5.91 Å². The monoisotopic (exact) mass is 414 g/mol. The maximum atomic E-state index is 11.3. The number of ether oxygens (including phenoxy) is 1. The van der Waals surface area contributed by atoms with E-state index in [4.69, 9.17) is 9.29 Å². The minimum Gasteiger partial charge on any atom is -0.485 e. The molecular weight excluding hydrogens is 384 g/mol. The first-order valence-corrected chi connectivity index (χ1v) is 11.2. The molecule has 28 heavy (non-hydrogen) atoms. The quantitative estimate of drug-likeness (QED) is 0.635. The number of carbonyl (C=O) groups is 1. The minimum absolute atomic E-state index is 0.0947. The molecule has 9 heteroatoms. The van der Waals surface area contributed by atoms with Crippen LogP contribution in [0.15, 0.2) is 18.2 Å². The van der Waals surface area contributed by atoms with Gasteiger partial charge in [-0.25, -0.2) is 0 Å². The number of fused-ring (bicyclic) bond motifs is 1. The van der Waals surface area contributed by atoms with Crippen molar-refractivity contribution < 1.29 is 27.6 Å². The number of carbonyl (C=O) groups excluding carboxylic acids is 1. The number of piperidine rings is 1. The summed E-state index contributed by atoms with van der Waals surface area (Å²) in [5.74, 6) is 0.696. The molecule has 158 valence electrons. The fraction of sp³-hybridized carbons (Fsp3) is 0.632. The molecule has 0 spiro atoms. The summed E-state index contributed by atoms with van der Waals surface area (Å²) in [7, 11) is -3.67. The molecule has 2 atom stereocenters. The van der Waals surface area contributed by atoms with E-state index in [-0.39, 0.29) is 11.9 Å². The maximum absolute atomic E-state index is 11.3. The van der Waals surface area contributed by atoms with E-state index in [1.54, 1.807) is 0 Å². The molecular formula is C19H30N2O6S. The molecule has 8 nitrogen and oxygen atoms in total. The highest BCUT2D eigenvalue weighted by Crippen LogP contribution is 2.44. The van der Waals surface area contributed by atoms with Gasteiger partial charge in [0, 0.05) is 18.2 Å². The highest BCUT2D eigenvalue weighted by Gasteiger charge is 2.45. The third-order valence-corrected chi connectivity index (χ3v) is 4.82. The third kappa shape index (κ3) is 6.16. The minimum atomic E-state index is -3.67. The predicted molar refractivity (Wildman–Crippen MR) is 107 cm³/mol. The first kappa shape index (κ1) is 22.6. The van der Waals surface area contributed by atoms with Gasteiger partial charge in [-0.1, -0.05) is 6.42 Å². The van der Waals surface area contributed by atoms with Gasteiger partial charge in [-0.3, -0.25) is 14.2 Å². The van der Waals surface area contributed by atoms with E-state index in [2.05, 4.69) is 10.2 Å². The van der Waals surface area contributed by atoms with Crippen molar-refractivity contribution in [2.45, 2.75) is 57.8 Å². The molecule has 1 aromatic rings. The lowest BCUT2D eigenvalue weighted by atomic mass is 9.84. The summed E-state index contributed by atoms with van der Waals surface area (Å²) in [4.78, 5) is 13.7. The SMILES string of the molecule is CC(=O)Nc1ccc2c(c1)[C@@H](N1CCCCC1)[C@H](O)C(C)(C)O2.CS(=O)(=O)O. The third-order valence-electron chi connectivity index (χ3n) is 4.82. The molecule has 2 aliphatic rings. The summed E-state index contributed by atoms with van der Waals surface area (Å²) >= 11 is 0. The normalized spacial score (nSPS) is 24.2. The number of amides is 1. The Balaban J connectivity index is 0.000000500. The Morgan fingerprint density at radius 2 is 1.82 bits per heavy atom. The van der Waals surface area contributed by atoms with Gasteiger partial charge in [0.1, 0.15) is 17.5 Å². The number of anilines is 1. The second-order valence-corrected chi connectivity index (χ2v) is 9.32. The first-order chi connectivity index (χ1) is 12.9. The summed E-state index contributed by atoms with van der Waals surface area (Å²) < 4.78 is 31.9. The zero-order valence-electron chi connectivity index (χ0n) is 16.8. The van der Waals surface area contributed by atoms with Crippen LogP contribution in [0, 0.1) is 0 Å². The van der Waals surface area contributed by atoms with Crippen LogP contribution >= 0.6 is 0 Å². The van der Waals surface area contributed by atoms with Crippen LogP contribution in [0.25, 0.3) is 0 Å². The Labute approximate surface area is 166 Å². The lowest BCUT2D eigenvalue weighted by Gasteiger charge is -2.47. The summed E-state index contributed by atoms with van der Waals surface area (Å²) in [5.41, 5.74) is 1.07. The Morgan fingerprint density at radius 3 is 2.36 bits per heavy atom. The lowest BCUT2D eigenvalue weighted by molar-refractivity contribution is -0.114. The van der Waals surface area contributed by atoms with Crippen LogP contribution in [-0.2, 0) is 14.9 Å². The molecule has 0 aromatic heterocycles. The van der Waals surface area contributed by atoms with Crippen molar-refractivity contribution in [1.82, 2.24) is 4.90 Å². The highest BCUT2D eigenvalue weighted by molar-refractivity contribution is 7.85. The van der Waals surface area contributed by atoms with Crippen molar-refractivity contribution in [2.24, 2.45) is 0 Å². The van der Waals surface area contributed by atoms with Gasteiger partial charge >= 0.3 is 0 Å². The van der Waals surface area contributed by atoms with Crippen LogP contribution in [0.2, 0.25) is 0 Å². The largest absolute Gasteiger partial charge is 0.485 e. The number of benzene rings is 1. The Bertz CT molecular complexity index is 795. The molecule has 0 saturated carbocycles. The molecule has 3 N–H and O–H groups in total. The van der Waals surface area contributed by atoms with Crippen molar-refractivity contribution in [2.75, 3.05) is 24.7 Å². The summed E-state index contributed by atoms with van der Waals surface area (Å²) in [5, 5.41) is 13.7. The van der Waals surface area contributed by atoms with Gasteiger partial charge in [0.15, 0.2) is 0 Å². The highest BCUT2D eigenvalue weighted by atomic mass is 32.2. The summed E-state index contributed by atoms with van der Waals surface area (Å²) in [6, 6.07) is 5.59. The molecule has 3 rings (SSSR count). The molecule has 0 radical (unpaired) electrons. The van der Waals surface area contributed by atoms with Gasteiger partial charge in [-0.2, -0.15) is 8.42 Å². The van der Waals surface area contributed by atoms with Gasteiger partial charge in [0.05, 0.1) is 12.3 Å². The van der Waals surface area contributed by atoms with Crippen molar-refractivity contribution in [1.29, 1.82) is 0 Å². The van der Waals surface area contributed by atoms with Crippen LogP contribution in [0.4, 0.5) is 5.69 Å². The molecule has 2 aliphatic heterocycles. The van der Waals surface area contributed by atoms with Gasteiger partial charge in [0.25, 0.3) is 10.1 Å². The Morgan fingerprint density at radius 1 is 1.25 bits per heavy atom. The predicted octanol–water partition coefficient (Wildman–Crippen LogP) is 2.21. The lowest BCUT2D eigenvalue weighted by Crippen LogP contribution is -2.54. The average Bonchev–Trinajstić information content (AvgIpc) is 2.55. The number of hydrogen-bond acceptors (Lipinski definition) is 6. The fourth-order valence-corrected chi connectivity index (χ4v) is 3.64. The second kappa shape index (κ2) is 8.77. The molecule has 2 heterocycles. The van der Waals surface area contributed by atoms with E-state index in [0.717, 1.165) is 42.9 Å². The van der Waals surface area contributed by atoms with Crippen molar-refractivity contribution in [3.63, 3.8) is 0 Å². The van der Waals surface area contributed by atoms with Crippen LogP contribution in [0.5, 0.6) is 5.75 Å². The molecule has 0 aliphatic carbocycles. The van der Waals surface area contributed by atoms with E-state index >= 15 is 0 Å². The van der Waals surface area contributed by atoms with Crippen LogP contribution in [0.3, 0.4) is 0 Å². The fourth-order valence-electron chi connectivity index (χ4n) is 3.64. The zero-order valence-corrected chi connectivity index (χ0v) is 17.6. The van der Waals surface area contributed by atoms with E-state index in [0.29, 0.717) is 6.26 Å². The first-order valence-electron chi connectivity index (χ1n) is 9.33. The van der Waals surface area contributed by atoms with E-state index in [1.807, 2.05) is 32.0 Å². The van der Waals surface area contributed by atoms with Crippen molar-refractivity contribution >= 4 is 21.7 Å². The molecule has 1 aromatic carbocycles. The maximum Gasteiger partial charge on any atom is 0.261 e. The van der Waals surface area contributed by atoms with E-state index in [9.17, 15) is 18.3 Å². The number of aliphatic hydroxyl groups excluding tert-OH is 1. The van der Waals surface area contributed by atoms with Crippen molar-refractivity contribution in [3.8, 4) is 5.75 Å². The standard InChI is InChI=1S/C18H26N2O3.CH4O3S/c1-12(21)19-13-7-8-15-14(11-13)16(17(22)18(2,3)23-15)20-9-5-4-6-10-20;1-5(2,3)4/h7-8,11,16-17,22H,4-6,9-10H2,1-3H3,(H,19,21);1H3,(H,2,3,4)/t16-,17+;/m1./s1. The van der Waals surface area contributed by atoms with E-state index < -0.39 is 21.8 Å². The van der Waals surface area contributed by atoms with Crippen LogP contribution < -0.4 is 10.1 Å². The number of rotatable bonds is 2. The topological polar surface area (TPSA) is 116 Å². The molecule has 1 fully saturated rings. The van der Waals surface area contributed by atoms with Crippen LogP contribution in [0.1, 0.15) is 51.6 Å². The van der Waals surface area contributed by atoms with Gasteiger partial charge in [-0.15, -0.1) is 0 Å². The number of aliphatic hydroxyl groups is 1. The Kier molecular flexibility index (Phi) is 7.08.